The van der Waals surface area contributed by atoms with Crippen molar-refractivity contribution >= 4 is 0 Å². The largest absolute Gasteiger partial charge is 0.103 e. The summed E-state index contributed by atoms with van der Waals surface area (Å²) in [6.07, 6.45) is 1.67. The zero-order chi connectivity index (χ0) is 3.41. The smallest absolute Gasteiger partial charge is 0.0534 e. The molecule has 0 aromatic carbocycles. The van der Waals surface area contributed by atoms with Crippen LogP contribution in [0, 0.1) is 0 Å². The Kier molecular flexibility index (Phi) is 14.2. The maximum absolute atomic E-state index is 6.27. The number of hydrogen-bond donors (Lipinski definition) is 0. The van der Waals surface area contributed by atoms with Crippen LogP contribution in [0.15, 0.2) is 12.6 Å². The zero-order valence-electron chi connectivity index (χ0n) is 3.15. The molecule has 0 atom stereocenters. The zero-order valence-corrected chi connectivity index (χ0v) is 2.15. The van der Waals surface area contributed by atoms with E-state index in [1.807, 2.05) is 6.92 Å². The predicted octanol–water partition coefficient (Wildman–Crippen LogP) is 1.83. The fourth-order valence-corrected chi connectivity index (χ4v) is 0. The van der Waals surface area contributed by atoms with Gasteiger partial charge in [0, 0.05) is 0 Å². The summed E-state index contributed by atoms with van der Waals surface area (Å²) in [5.74, 6) is 0. The Morgan fingerprint density at radius 2 is 2.50 bits per heavy atom. The third-order valence-corrected chi connectivity index (χ3v) is 0. The summed E-state index contributed by atoms with van der Waals surface area (Å²) < 4.78 is 6.27. The van der Waals surface area contributed by atoms with Crippen molar-refractivity contribution in [2.45, 2.75) is 14.4 Å². The normalized spacial score (nSPS) is 9.75. The molecule has 0 radical (unpaired) electrons. The van der Waals surface area contributed by atoms with Gasteiger partial charge in [0.15, 0.2) is 0 Å². The number of hydrogen-bond acceptors (Lipinski definition) is 0. The lowest BCUT2D eigenvalue weighted by Gasteiger charge is -1.31. The van der Waals surface area contributed by atoms with Crippen molar-refractivity contribution in [1.29, 1.82) is 0 Å². The van der Waals surface area contributed by atoms with Crippen molar-refractivity contribution in [3.05, 3.63) is 12.6 Å². The lowest BCUT2D eigenvalue weighted by Crippen LogP contribution is -1.07. The van der Waals surface area contributed by atoms with Crippen molar-refractivity contribution in [3.8, 4) is 0 Å². The molecule has 0 fully saturated rings. The molecule has 26 valence electrons. The topological polar surface area (TPSA) is 0 Å². The highest BCUT2D eigenvalue weighted by Gasteiger charge is 1.15. The van der Waals surface area contributed by atoms with E-state index in [0.29, 0.717) is 0 Å². The summed E-state index contributed by atoms with van der Waals surface area (Å²) >= 11 is 0. The minimum absolute atomic E-state index is 0. The molecule has 0 aromatic rings. The number of allylic oxidation sites excluding steroid dienone is 1. The summed E-state index contributed by atoms with van der Waals surface area (Å²) in [5, 5.41) is 0. The van der Waals surface area contributed by atoms with Gasteiger partial charge in [0.25, 0.3) is 0 Å². The third kappa shape index (κ3) is 14.1. The van der Waals surface area contributed by atoms with Crippen LogP contribution in [0.2, 0.25) is 0 Å². The first kappa shape index (κ1) is 3.74. The highest BCUT2D eigenvalue weighted by atomic mass is 13.2. The lowest BCUT2D eigenvalue weighted by atomic mass is 10.8. The fraction of sp³-hybridized carbons (Fsp3) is 0.500. The van der Waals surface area contributed by atoms with Crippen LogP contribution < -0.4 is 0 Å². The SMILES string of the molecule is C.[3H]C=CC. The van der Waals surface area contributed by atoms with Crippen molar-refractivity contribution in [3.63, 3.8) is 0 Å². The molecule has 0 saturated heterocycles. The minimum atomic E-state index is 0. The van der Waals surface area contributed by atoms with E-state index in [9.17, 15) is 0 Å². The van der Waals surface area contributed by atoms with Gasteiger partial charge in [0.1, 0.15) is 0 Å². The molecule has 0 heterocycles. The molecule has 0 aliphatic carbocycles. The van der Waals surface area contributed by atoms with Gasteiger partial charge in [-0.3, -0.25) is 0 Å². The average Bonchev–Trinajstić information content (AvgIpc) is 1.37. The van der Waals surface area contributed by atoms with Crippen LogP contribution in [-0.2, 0) is 0 Å². The Bertz CT molecular complexity index is 18.8. The standard InChI is InChI=1S/C3H6.CH4/c1-3-2;/h3H,1H2,2H3;1H4/i1T;. The molecule has 0 rings (SSSR count). The molecule has 0 N–H and O–H groups in total. The first-order valence-corrected chi connectivity index (χ1v) is 0.911. The average molecular weight is 60.1 g/mol. The molecule has 0 aromatic heterocycles. The van der Waals surface area contributed by atoms with Gasteiger partial charge in [-0.2, -0.15) is 0 Å². The molecule has 4 heavy (non-hydrogen) atoms. The van der Waals surface area contributed by atoms with Gasteiger partial charge >= 0.3 is 0 Å². The van der Waals surface area contributed by atoms with Crippen LogP contribution in [0.1, 0.15) is 15.7 Å². The molecule has 0 spiro atoms. The van der Waals surface area contributed by atoms with Gasteiger partial charge in [0.2, 0.25) is 0 Å². The first-order chi connectivity index (χ1) is 1.91. The van der Waals surface area contributed by atoms with E-state index in [1.165, 1.54) is 6.55 Å². The summed E-state index contributed by atoms with van der Waals surface area (Å²) in [7, 11) is 0. The van der Waals surface area contributed by atoms with Crippen LogP contribution >= 0.6 is 0 Å². The Hall–Kier alpha value is -0.260. The fourth-order valence-electron chi connectivity index (χ4n) is 0. The van der Waals surface area contributed by atoms with E-state index in [0.717, 1.165) is 0 Å². The summed E-state index contributed by atoms with van der Waals surface area (Å²) in [5.41, 5.74) is 0. The molecule has 0 unspecified atom stereocenters. The molecular weight excluding hydrogens is 48.0 g/mol. The Morgan fingerprint density at radius 1 is 2.25 bits per heavy atom. The Labute approximate surface area is 29.6 Å². The van der Waals surface area contributed by atoms with Gasteiger partial charge < -0.3 is 0 Å². The van der Waals surface area contributed by atoms with E-state index < -0.39 is 0 Å². The molecule has 0 nitrogen and oxygen atoms in total. The second-order valence-electron chi connectivity index (χ2n) is 0.333. The van der Waals surface area contributed by atoms with Gasteiger partial charge in [-0.1, -0.05) is 13.5 Å². The predicted molar refractivity (Wildman–Crippen MR) is 22.6 cm³/mol. The Balaban J connectivity index is 0. The van der Waals surface area contributed by atoms with E-state index in [-0.39, 0.29) is 7.43 Å². The van der Waals surface area contributed by atoms with Crippen molar-refractivity contribution in [1.82, 2.24) is 0 Å². The quantitative estimate of drug-likeness (QED) is 0.374. The maximum Gasteiger partial charge on any atom is 0.0534 e. The third-order valence-electron chi connectivity index (χ3n) is 0. The van der Waals surface area contributed by atoms with Gasteiger partial charge in [-0.25, -0.2) is 0 Å². The first-order valence-electron chi connectivity index (χ1n) is 1.49. The van der Waals surface area contributed by atoms with Crippen LogP contribution in [-0.4, -0.2) is 0 Å². The van der Waals surface area contributed by atoms with Gasteiger partial charge in [0.05, 0.1) is 1.37 Å². The molecule has 0 saturated carbocycles. The summed E-state index contributed by atoms with van der Waals surface area (Å²) in [4.78, 5) is 0. The number of rotatable bonds is 0. The van der Waals surface area contributed by atoms with E-state index >= 15 is 0 Å². The second kappa shape index (κ2) is 15.1. The van der Waals surface area contributed by atoms with Gasteiger partial charge in [-0.05, 0) is 6.92 Å². The van der Waals surface area contributed by atoms with Crippen LogP contribution in [0.4, 0.5) is 0 Å². The minimum Gasteiger partial charge on any atom is -0.103 e. The highest BCUT2D eigenvalue weighted by Crippen LogP contribution is 1.38. The summed E-state index contributed by atoms with van der Waals surface area (Å²) in [6.45, 7) is 3.06. The van der Waals surface area contributed by atoms with Crippen LogP contribution in [0.25, 0.3) is 0 Å². The monoisotopic (exact) mass is 60.1 g/mol. The van der Waals surface area contributed by atoms with E-state index in [1.54, 1.807) is 6.08 Å². The molecule has 0 amide bonds. The molecule has 0 aliphatic rings. The molecule has 0 heteroatoms. The lowest BCUT2D eigenvalue weighted by molar-refractivity contribution is 1.80. The highest BCUT2D eigenvalue weighted by molar-refractivity contribution is 4.51. The molecular formula is C4H10. The maximum atomic E-state index is 6.27. The Morgan fingerprint density at radius 3 is 2.50 bits per heavy atom. The van der Waals surface area contributed by atoms with Crippen LogP contribution in [0.5, 0.6) is 0 Å². The van der Waals surface area contributed by atoms with Crippen molar-refractivity contribution < 1.29 is 1.37 Å². The van der Waals surface area contributed by atoms with Crippen molar-refractivity contribution in [2.24, 2.45) is 0 Å². The summed E-state index contributed by atoms with van der Waals surface area (Å²) in [6, 6.07) is 0. The second-order valence-corrected chi connectivity index (χ2v) is 0.333. The van der Waals surface area contributed by atoms with E-state index in [4.69, 9.17) is 1.37 Å². The van der Waals surface area contributed by atoms with Crippen molar-refractivity contribution in [2.75, 3.05) is 0 Å². The molecule has 0 aliphatic heterocycles. The van der Waals surface area contributed by atoms with Crippen LogP contribution in [0.3, 0.4) is 0 Å². The molecule has 0 bridgehead atoms. The van der Waals surface area contributed by atoms with Gasteiger partial charge in [-0.15, -0.1) is 6.55 Å². The van der Waals surface area contributed by atoms with E-state index in [2.05, 4.69) is 0 Å².